The van der Waals surface area contributed by atoms with E-state index in [1.165, 1.54) is 0 Å². The standard InChI is InChI=1S/C13H12N4O2/c14-12-6-5-9(16-17-12)13(18)15-10-7-19-11-4-2-1-3-8(10)11/h1-6,10H,7H2,(H2,14,17)(H,15,18). The second kappa shape index (κ2) is 4.56. The summed E-state index contributed by atoms with van der Waals surface area (Å²) in [6.45, 7) is 0.424. The second-order valence-electron chi connectivity index (χ2n) is 4.22. The van der Waals surface area contributed by atoms with Gasteiger partial charge < -0.3 is 15.8 Å². The van der Waals surface area contributed by atoms with Crippen molar-refractivity contribution in [1.82, 2.24) is 15.5 Å². The van der Waals surface area contributed by atoms with Gasteiger partial charge >= 0.3 is 0 Å². The number of aromatic nitrogens is 2. The van der Waals surface area contributed by atoms with E-state index in [-0.39, 0.29) is 23.5 Å². The van der Waals surface area contributed by atoms with Gasteiger partial charge in [0.1, 0.15) is 18.2 Å². The number of fused-ring (bicyclic) bond motifs is 1. The van der Waals surface area contributed by atoms with E-state index < -0.39 is 0 Å². The molecule has 19 heavy (non-hydrogen) atoms. The molecule has 0 saturated carbocycles. The molecule has 1 aliphatic heterocycles. The van der Waals surface area contributed by atoms with E-state index >= 15 is 0 Å². The molecule has 3 rings (SSSR count). The van der Waals surface area contributed by atoms with E-state index in [0.29, 0.717) is 6.61 Å². The van der Waals surface area contributed by atoms with Crippen LogP contribution in [-0.4, -0.2) is 22.7 Å². The zero-order chi connectivity index (χ0) is 13.2. The van der Waals surface area contributed by atoms with Crippen molar-refractivity contribution in [2.24, 2.45) is 0 Å². The number of rotatable bonds is 2. The SMILES string of the molecule is Nc1ccc(C(=O)NC2COc3ccccc32)nn1. The average molecular weight is 256 g/mol. The molecule has 6 heteroatoms. The van der Waals surface area contributed by atoms with Crippen molar-refractivity contribution in [3.8, 4) is 5.75 Å². The smallest absolute Gasteiger partial charge is 0.272 e. The Bertz CT molecular complexity index is 612. The van der Waals surface area contributed by atoms with Gasteiger partial charge in [-0.3, -0.25) is 4.79 Å². The molecule has 0 bridgehead atoms. The quantitative estimate of drug-likeness (QED) is 0.834. The average Bonchev–Trinajstić information content (AvgIpc) is 2.83. The highest BCUT2D eigenvalue weighted by Crippen LogP contribution is 2.31. The first-order chi connectivity index (χ1) is 9.24. The molecule has 0 saturated heterocycles. The molecule has 1 aliphatic rings. The van der Waals surface area contributed by atoms with Gasteiger partial charge in [-0.2, -0.15) is 0 Å². The lowest BCUT2D eigenvalue weighted by molar-refractivity contribution is 0.0924. The summed E-state index contributed by atoms with van der Waals surface area (Å²) >= 11 is 0. The van der Waals surface area contributed by atoms with Gasteiger partial charge in [0.2, 0.25) is 0 Å². The van der Waals surface area contributed by atoms with Gasteiger partial charge in [0.25, 0.3) is 5.91 Å². The fraction of sp³-hybridized carbons (Fsp3) is 0.154. The van der Waals surface area contributed by atoms with Crippen LogP contribution in [0.5, 0.6) is 5.75 Å². The molecule has 3 N–H and O–H groups in total. The van der Waals surface area contributed by atoms with Crippen molar-refractivity contribution in [3.63, 3.8) is 0 Å². The first kappa shape index (κ1) is 11.5. The van der Waals surface area contributed by atoms with Crippen molar-refractivity contribution in [1.29, 1.82) is 0 Å². The minimum Gasteiger partial charge on any atom is -0.491 e. The number of carbonyl (C=O) groups is 1. The number of nitrogens with one attached hydrogen (secondary N) is 1. The zero-order valence-corrected chi connectivity index (χ0v) is 10.0. The Kier molecular flexibility index (Phi) is 2.75. The lowest BCUT2D eigenvalue weighted by atomic mass is 10.1. The van der Waals surface area contributed by atoms with Crippen molar-refractivity contribution < 1.29 is 9.53 Å². The van der Waals surface area contributed by atoms with E-state index in [0.717, 1.165) is 11.3 Å². The molecule has 1 unspecified atom stereocenters. The topological polar surface area (TPSA) is 90.1 Å². The first-order valence-corrected chi connectivity index (χ1v) is 5.86. The number of amides is 1. The van der Waals surface area contributed by atoms with E-state index in [1.807, 2.05) is 24.3 Å². The largest absolute Gasteiger partial charge is 0.491 e. The molecule has 1 amide bonds. The minimum atomic E-state index is -0.294. The van der Waals surface area contributed by atoms with Crippen LogP contribution in [-0.2, 0) is 0 Å². The number of nitrogen functional groups attached to an aromatic ring is 1. The van der Waals surface area contributed by atoms with Gasteiger partial charge in [-0.15, -0.1) is 10.2 Å². The van der Waals surface area contributed by atoms with Gasteiger partial charge in [0.15, 0.2) is 5.69 Å². The molecular formula is C13H12N4O2. The molecule has 1 atom stereocenters. The van der Waals surface area contributed by atoms with Gasteiger partial charge in [-0.05, 0) is 18.2 Å². The zero-order valence-electron chi connectivity index (χ0n) is 10.0. The van der Waals surface area contributed by atoms with Gasteiger partial charge in [0, 0.05) is 5.56 Å². The number of benzene rings is 1. The van der Waals surface area contributed by atoms with Gasteiger partial charge in [0.05, 0.1) is 6.04 Å². The maximum atomic E-state index is 12.0. The van der Waals surface area contributed by atoms with Gasteiger partial charge in [-0.1, -0.05) is 18.2 Å². The summed E-state index contributed by atoms with van der Waals surface area (Å²) in [5.41, 5.74) is 6.63. The van der Waals surface area contributed by atoms with Crippen LogP contribution in [0.2, 0.25) is 0 Å². The third-order valence-electron chi connectivity index (χ3n) is 2.92. The number of anilines is 1. The summed E-state index contributed by atoms with van der Waals surface area (Å²) in [5.74, 6) is 0.792. The summed E-state index contributed by atoms with van der Waals surface area (Å²) in [6, 6.07) is 10.5. The molecule has 1 aromatic heterocycles. The molecule has 0 radical (unpaired) electrons. The van der Waals surface area contributed by atoms with Crippen LogP contribution in [0.25, 0.3) is 0 Å². The summed E-state index contributed by atoms with van der Waals surface area (Å²) < 4.78 is 5.50. The lowest BCUT2D eigenvalue weighted by Crippen LogP contribution is -2.30. The number of hydrogen-bond donors (Lipinski definition) is 2. The molecule has 2 heterocycles. The Labute approximate surface area is 109 Å². The van der Waals surface area contributed by atoms with E-state index in [2.05, 4.69) is 15.5 Å². The van der Waals surface area contributed by atoms with Crippen molar-refractivity contribution in [2.75, 3.05) is 12.3 Å². The Balaban J connectivity index is 1.76. The number of ether oxygens (including phenoxy) is 1. The molecule has 1 aromatic carbocycles. The summed E-state index contributed by atoms with van der Waals surface area (Å²) in [5, 5.41) is 10.3. The van der Waals surface area contributed by atoms with E-state index in [9.17, 15) is 4.79 Å². The van der Waals surface area contributed by atoms with Crippen molar-refractivity contribution in [2.45, 2.75) is 6.04 Å². The maximum absolute atomic E-state index is 12.0. The molecule has 0 spiro atoms. The highest BCUT2D eigenvalue weighted by atomic mass is 16.5. The highest BCUT2D eigenvalue weighted by molar-refractivity contribution is 5.92. The van der Waals surface area contributed by atoms with Crippen LogP contribution in [0.15, 0.2) is 36.4 Å². The number of nitrogens with zero attached hydrogens (tertiary/aromatic N) is 2. The minimum absolute atomic E-state index is 0.164. The summed E-state index contributed by atoms with van der Waals surface area (Å²) in [4.78, 5) is 12.0. The molecule has 0 fully saturated rings. The Morgan fingerprint density at radius 1 is 1.26 bits per heavy atom. The highest BCUT2D eigenvalue weighted by Gasteiger charge is 2.25. The Morgan fingerprint density at radius 2 is 2.11 bits per heavy atom. The molecular weight excluding hydrogens is 244 g/mol. The van der Waals surface area contributed by atoms with Crippen LogP contribution >= 0.6 is 0 Å². The van der Waals surface area contributed by atoms with Crippen molar-refractivity contribution >= 4 is 11.7 Å². The van der Waals surface area contributed by atoms with Gasteiger partial charge in [-0.25, -0.2) is 0 Å². The summed E-state index contributed by atoms with van der Waals surface area (Å²) in [7, 11) is 0. The second-order valence-corrected chi connectivity index (χ2v) is 4.22. The van der Waals surface area contributed by atoms with Crippen LogP contribution in [0, 0.1) is 0 Å². The number of hydrogen-bond acceptors (Lipinski definition) is 5. The normalized spacial score (nSPS) is 16.5. The van der Waals surface area contributed by atoms with Crippen LogP contribution in [0.1, 0.15) is 22.1 Å². The monoisotopic (exact) mass is 256 g/mol. The van der Waals surface area contributed by atoms with Crippen LogP contribution in [0.3, 0.4) is 0 Å². The number of para-hydroxylation sites is 1. The predicted molar refractivity (Wildman–Crippen MR) is 68.6 cm³/mol. The van der Waals surface area contributed by atoms with Crippen LogP contribution in [0.4, 0.5) is 5.82 Å². The predicted octanol–water partition coefficient (Wildman–Crippen LogP) is 0.922. The van der Waals surface area contributed by atoms with Crippen molar-refractivity contribution in [3.05, 3.63) is 47.7 Å². The number of nitrogens with two attached hydrogens (primary N) is 1. The fourth-order valence-electron chi connectivity index (χ4n) is 1.98. The summed E-state index contributed by atoms with van der Waals surface area (Å²) in [6.07, 6.45) is 0. The lowest BCUT2D eigenvalue weighted by Gasteiger charge is -2.10. The van der Waals surface area contributed by atoms with E-state index in [1.54, 1.807) is 12.1 Å². The van der Waals surface area contributed by atoms with Crippen LogP contribution < -0.4 is 15.8 Å². The first-order valence-electron chi connectivity index (χ1n) is 5.86. The Morgan fingerprint density at radius 3 is 2.89 bits per heavy atom. The molecule has 6 nitrogen and oxygen atoms in total. The number of carbonyl (C=O) groups excluding carboxylic acids is 1. The van der Waals surface area contributed by atoms with E-state index in [4.69, 9.17) is 10.5 Å². The molecule has 96 valence electrons. The molecule has 0 aliphatic carbocycles. The Hall–Kier alpha value is -2.63. The third-order valence-corrected chi connectivity index (χ3v) is 2.92. The fourth-order valence-corrected chi connectivity index (χ4v) is 1.98. The third kappa shape index (κ3) is 2.20. The molecule has 2 aromatic rings. The maximum Gasteiger partial charge on any atom is 0.272 e.